The van der Waals surface area contributed by atoms with Crippen molar-refractivity contribution in [1.82, 2.24) is 20.4 Å². The van der Waals surface area contributed by atoms with Gasteiger partial charge in [0.15, 0.2) is 5.60 Å². The third kappa shape index (κ3) is 6.28. The summed E-state index contributed by atoms with van der Waals surface area (Å²) in [5, 5.41) is 17.4. The molecule has 3 rings (SSSR count). The molecule has 0 unspecified atom stereocenters. The Balaban J connectivity index is 1.74. The number of nitrogen functional groups attached to an aromatic ring is 1. The van der Waals surface area contributed by atoms with E-state index in [4.69, 9.17) is 17.3 Å². The highest BCUT2D eigenvalue weighted by molar-refractivity contribution is 6.34. The van der Waals surface area contributed by atoms with Crippen LogP contribution in [0.2, 0.25) is 5.02 Å². The first kappa shape index (κ1) is 28.6. The quantitative estimate of drug-likeness (QED) is 0.295. The van der Waals surface area contributed by atoms with Gasteiger partial charge in [0, 0.05) is 0 Å². The van der Waals surface area contributed by atoms with E-state index in [0.717, 1.165) is 35.1 Å². The van der Waals surface area contributed by atoms with Crippen LogP contribution in [0.5, 0.6) is 5.75 Å². The second-order valence-corrected chi connectivity index (χ2v) is 8.13. The van der Waals surface area contributed by atoms with E-state index in [9.17, 15) is 41.0 Å². The van der Waals surface area contributed by atoms with E-state index in [1.165, 1.54) is 18.2 Å². The van der Waals surface area contributed by atoms with Gasteiger partial charge in [-0.3, -0.25) is 9.59 Å². The number of carbonyl (C=O) groups excluding carboxylic acids is 2. The zero-order valence-corrected chi connectivity index (χ0v) is 19.7. The molecule has 0 saturated heterocycles. The SMILES string of the molecule is Nc1c(C(=O)NC[C@](O)(CNC(=O)c2c(Cl)cccc2OC(F)F)C(F)(F)F)cnn1-c1ccc(F)cc1. The lowest BCUT2D eigenvalue weighted by atomic mass is 10.0. The van der Waals surface area contributed by atoms with E-state index >= 15 is 0 Å². The number of nitrogens with zero attached hydrogens (tertiary/aromatic N) is 2. The van der Waals surface area contributed by atoms with Crippen LogP contribution in [0.15, 0.2) is 48.7 Å². The number of nitrogens with two attached hydrogens (primary N) is 1. The van der Waals surface area contributed by atoms with Crippen molar-refractivity contribution in [1.29, 1.82) is 0 Å². The Morgan fingerprint density at radius 1 is 1.08 bits per heavy atom. The van der Waals surface area contributed by atoms with Gasteiger partial charge in [-0.15, -0.1) is 0 Å². The van der Waals surface area contributed by atoms with Crippen molar-refractivity contribution in [2.75, 3.05) is 18.8 Å². The topological polar surface area (TPSA) is 132 Å². The van der Waals surface area contributed by atoms with Crippen molar-refractivity contribution >= 4 is 29.2 Å². The second-order valence-electron chi connectivity index (χ2n) is 7.72. The highest BCUT2D eigenvalue weighted by Gasteiger charge is 2.54. The molecule has 204 valence electrons. The summed E-state index contributed by atoms with van der Waals surface area (Å²) in [6, 6.07) is 8.01. The fourth-order valence-electron chi connectivity index (χ4n) is 3.14. The summed E-state index contributed by atoms with van der Waals surface area (Å²) >= 11 is 5.82. The third-order valence-electron chi connectivity index (χ3n) is 5.15. The molecule has 38 heavy (non-hydrogen) atoms. The number of rotatable bonds is 9. The number of hydrogen-bond donors (Lipinski definition) is 4. The number of ether oxygens (including phenoxy) is 1. The van der Waals surface area contributed by atoms with Gasteiger partial charge in [0.25, 0.3) is 11.8 Å². The zero-order valence-electron chi connectivity index (χ0n) is 18.9. The molecule has 5 N–H and O–H groups in total. The molecular weight excluding hydrogens is 548 g/mol. The van der Waals surface area contributed by atoms with Gasteiger partial charge >= 0.3 is 12.8 Å². The van der Waals surface area contributed by atoms with Crippen molar-refractivity contribution < 1.29 is 45.8 Å². The van der Waals surface area contributed by atoms with Crippen molar-refractivity contribution in [3.05, 3.63) is 70.6 Å². The number of alkyl halides is 5. The van der Waals surface area contributed by atoms with Crippen molar-refractivity contribution in [3.63, 3.8) is 0 Å². The van der Waals surface area contributed by atoms with Crippen LogP contribution < -0.4 is 21.1 Å². The number of benzene rings is 2. The van der Waals surface area contributed by atoms with Crippen LogP contribution in [-0.2, 0) is 0 Å². The van der Waals surface area contributed by atoms with Crippen LogP contribution in [0.1, 0.15) is 20.7 Å². The summed E-state index contributed by atoms with van der Waals surface area (Å²) in [5.74, 6) is -4.05. The molecule has 0 bridgehead atoms. The third-order valence-corrected chi connectivity index (χ3v) is 5.47. The first-order chi connectivity index (χ1) is 17.7. The number of aromatic nitrogens is 2. The number of anilines is 1. The maximum atomic E-state index is 13.7. The molecule has 16 heteroatoms. The lowest BCUT2D eigenvalue weighted by molar-refractivity contribution is -0.254. The summed E-state index contributed by atoms with van der Waals surface area (Å²) in [4.78, 5) is 25.0. The van der Waals surface area contributed by atoms with Gasteiger partial charge < -0.3 is 26.2 Å². The number of nitrogens with one attached hydrogen (secondary N) is 2. The lowest BCUT2D eigenvalue weighted by Gasteiger charge is -2.31. The predicted molar refractivity (Wildman–Crippen MR) is 122 cm³/mol. The zero-order chi connectivity index (χ0) is 28.3. The number of hydrogen-bond acceptors (Lipinski definition) is 6. The van der Waals surface area contributed by atoms with E-state index in [2.05, 4.69) is 9.84 Å². The minimum atomic E-state index is -5.37. The Kier molecular flexibility index (Phi) is 8.41. The molecule has 0 saturated carbocycles. The van der Waals surface area contributed by atoms with Crippen LogP contribution >= 0.6 is 11.6 Å². The van der Waals surface area contributed by atoms with Crippen LogP contribution in [0, 0.1) is 5.82 Å². The highest BCUT2D eigenvalue weighted by Crippen LogP contribution is 2.31. The Bertz CT molecular complexity index is 1320. The fraction of sp³-hybridized carbons (Fsp3) is 0.227. The molecule has 0 radical (unpaired) electrons. The van der Waals surface area contributed by atoms with Crippen LogP contribution in [0.4, 0.5) is 32.2 Å². The van der Waals surface area contributed by atoms with Gasteiger partial charge in [0.2, 0.25) is 0 Å². The van der Waals surface area contributed by atoms with Gasteiger partial charge in [-0.05, 0) is 36.4 Å². The molecule has 1 atom stereocenters. The van der Waals surface area contributed by atoms with Crippen molar-refractivity contribution in [2.24, 2.45) is 0 Å². The number of carbonyl (C=O) groups is 2. The van der Waals surface area contributed by atoms with Crippen LogP contribution in [0.3, 0.4) is 0 Å². The van der Waals surface area contributed by atoms with Gasteiger partial charge in [-0.1, -0.05) is 17.7 Å². The van der Waals surface area contributed by atoms with Gasteiger partial charge in [-0.25, -0.2) is 9.07 Å². The molecule has 9 nitrogen and oxygen atoms in total. The number of amides is 2. The minimum Gasteiger partial charge on any atom is -0.434 e. The Hall–Kier alpha value is -3.98. The molecule has 2 aromatic carbocycles. The van der Waals surface area contributed by atoms with E-state index in [1.807, 2.05) is 5.32 Å². The van der Waals surface area contributed by atoms with Gasteiger partial charge in [0.05, 0.1) is 30.0 Å². The largest absolute Gasteiger partial charge is 0.434 e. The summed E-state index contributed by atoms with van der Waals surface area (Å²) in [5.41, 5.74) is 1.36. The Morgan fingerprint density at radius 3 is 2.26 bits per heavy atom. The summed E-state index contributed by atoms with van der Waals surface area (Å²) in [6.45, 7) is -6.30. The molecule has 2 amide bonds. The average molecular weight is 566 g/mol. The van der Waals surface area contributed by atoms with Crippen molar-refractivity contribution in [3.8, 4) is 11.4 Å². The molecule has 3 aromatic rings. The second kappa shape index (κ2) is 11.2. The number of halogens is 7. The maximum absolute atomic E-state index is 13.7. The monoisotopic (exact) mass is 565 g/mol. The molecule has 0 aliphatic carbocycles. The number of aliphatic hydroxyl groups is 1. The summed E-state index contributed by atoms with van der Waals surface area (Å²) < 4.78 is 84.7. The summed E-state index contributed by atoms with van der Waals surface area (Å²) in [6.07, 6.45) is -4.43. The van der Waals surface area contributed by atoms with Crippen LogP contribution in [-0.4, -0.2) is 58.2 Å². The molecule has 0 aliphatic rings. The molecule has 1 heterocycles. The Morgan fingerprint density at radius 2 is 1.68 bits per heavy atom. The smallest absolute Gasteiger partial charge is 0.420 e. The first-order valence-electron chi connectivity index (χ1n) is 10.4. The van der Waals surface area contributed by atoms with E-state index in [1.54, 1.807) is 5.32 Å². The van der Waals surface area contributed by atoms with Gasteiger partial charge in [-0.2, -0.15) is 27.1 Å². The minimum absolute atomic E-state index is 0.257. The molecule has 1 aromatic heterocycles. The van der Waals surface area contributed by atoms with E-state index in [0.29, 0.717) is 0 Å². The van der Waals surface area contributed by atoms with E-state index < -0.39 is 65.4 Å². The van der Waals surface area contributed by atoms with Crippen LogP contribution in [0.25, 0.3) is 5.69 Å². The normalized spacial score (nSPS) is 13.2. The average Bonchev–Trinajstić information content (AvgIpc) is 3.22. The lowest BCUT2D eigenvalue weighted by Crippen LogP contribution is -2.59. The molecule has 0 aliphatic heterocycles. The highest BCUT2D eigenvalue weighted by atomic mass is 35.5. The fourth-order valence-corrected chi connectivity index (χ4v) is 3.39. The maximum Gasteiger partial charge on any atom is 0.420 e. The predicted octanol–water partition coefficient (Wildman–Crippen LogP) is 3.30. The van der Waals surface area contributed by atoms with E-state index in [-0.39, 0.29) is 17.1 Å². The molecule has 0 spiro atoms. The standard InChI is InChI=1S/C22H18ClF6N5O4/c23-14-2-1-3-15(38-20(25)26)16(14)19(36)32-10-21(37,22(27,28)29)9-31-18(35)13-8-33-34(17(13)30)12-6-4-11(24)5-7-12/h1-8,20,37H,9-10,30H2,(H,31,35)(H,32,36)/t21-/m0/s1. The first-order valence-corrected chi connectivity index (χ1v) is 10.8. The van der Waals surface area contributed by atoms with Gasteiger partial charge in [0.1, 0.15) is 28.5 Å². The molecular formula is C22H18ClF6N5O4. The summed E-state index contributed by atoms with van der Waals surface area (Å²) in [7, 11) is 0. The Labute approximate surface area is 215 Å². The molecule has 0 fully saturated rings. The van der Waals surface area contributed by atoms with Crippen molar-refractivity contribution in [2.45, 2.75) is 18.4 Å².